The highest BCUT2D eigenvalue weighted by Gasteiger charge is 2.32. The van der Waals surface area contributed by atoms with Crippen molar-refractivity contribution < 1.29 is 4.57 Å². The van der Waals surface area contributed by atoms with Crippen molar-refractivity contribution in [2.75, 3.05) is 0 Å². The van der Waals surface area contributed by atoms with Gasteiger partial charge in [-0.2, -0.15) is 0 Å². The van der Waals surface area contributed by atoms with Crippen LogP contribution >= 0.6 is 11.8 Å². The summed E-state index contributed by atoms with van der Waals surface area (Å²) in [5.74, 6) is 4.12. The molecule has 0 fully saturated rings. The third-order valence-corrected chi connectivity index (χ3v) is 10.8. The van der Waals surface area contributed by atoms with E-state index in [1.165, 1.54) is 70.1 Å². The molecule has 0 radical (unpaired) electrons. The summed E-state index contributed by atoms with van der Waals surface area (Å²) in [6.45, 7) is 20.3. The maximum Gasteiger partial charge on any atom is 0.222 e. The second kappa shape index (κ2) is 12.0. The lowest BCUT2D eigenvalue weighted by molar-refractivity contribution is -0.659. The fraction of sp³-hybridized carbons (Fsp3) is 0.381. The number of nitrogens with zero attached hydrogens (tertiary/aromatic N) is 4. The first-order chi connectivity index (χ1) is 22.4. The molecule has 0 atom stereocenters. The Morgan fingerprint density at radius 3 is 2.06 bits per heavy atom. The molecule has 4 aromatic carbocycles. The molecule has 0 bridgehead atoms. The molecule has 6 aromatic rings. The highest BCUT2D eigenvalue weighted by Crippen LogP contribution is 2.53. The minimum Gasteiger partial charge on any atom is -0.217 e. The molecule has 5 heteroatoms. The normalized spacial score (nSPS) is 12.9. The first kappa shape index (κ1) is 31.8. The maximum absolute atomic E-state index is 4.95. The molecule has 1 aliphatic heterocycles. The summed E-state index contributed by atoms with van der Waals surface area (Å²) in [7, 11) is 2.21. The number of rotatable bonds is 7. The van der Waals surface area contributed by atoms with Crippen LogP contribution in [0.4, 0.5) is 0 Å². The van der Waals surface area contributed by atoms with Crippen molar-refractivity contribution in [2.45, 2.75) is 96.8 Å². The maximum atomic E-state index is 4.95. The van der Waals surface area contributed by atoms with Crippen molar-refractivity contribution in [1.29, 1.82) is 0 Å². The van der Waals surface area contributed by atoms with Gasteiger partial charge in [-0.3, -0.25) is 0 Å². The van der Waals surface area contributed by atoms with Crippen LogP contribution in [0.15, 0.2) is 64.5 Å². The molecule has 0 saturated carbocycles. The van der Waals surface area contributed by atoms with E-state index in [-0.39, 0.29) is 11.8 Å². The lowest BCUT2D eigenvalue weighted by Gasteiger charge is -2.26. The van der Waals surface area contributed by atoms with Gasteiger partial charge in [-0.05, 0) is 82.0 Å². The zero-order chi connectivity index (χ0) is 33.3. The lowest BCUT2D eigenvalue weighted by Crippen LogP contribution is -2.32. The second-order valence-electron chi connectivity index (χ2n) is 15.0. The van der Waals surface area contributed by atoms with Crippen molar-refractivity contribution in [3.05, 3.63) is 83.1 Å². The molecule has 0 N–H and O–H groups in total. The van der Waals surface area contributed by atoms with Crippen molar-refractivity contribution in [3.63, 3.8) is 0 Å². The molecule has 0 saturated heterocycles. The smallest absolute Gasteiger partial charge is 0.217 e. The van der Waals surface area contributed by atoms with Crippen molar-refractivity contribution in [1.82, 2.24) is 15.0 Å². The van der Waals surface area contributed by atoms with Gasteiger partial charge >= 0.3 is 0 Å². The van der Waals surface area contributed by atoms with Gasteiger partial charge in [0.05, 0.1) is 10.9 Å². The van der Waals surface area contributed by atoms with E-state index in [0.717, 1.165) is 35.9 Å². The van der Waals surface area contributed by atoms with Crippen molar-refractivity contribution in [2.24, 2.45) is 18.9 Å². The van der Waals surface area contributed by atoms with Crippen LogP contribution in [0, 0.1) is 18.8 Å². The third-order valence-electron chi connectivity index (χ3n) is 9.56. The predicted molar refractivity (Wildman–Crippen MR) is 199 cm³/mol. The zero-order valence-corrected chi connectivity index (χ0v) is 30.4. The Balaban J connectivity index is 1.51. The molecule has 0 spiro atoms. The van der Waals surface area contributed by atoms with Crippen LogP contribution in [0.3, 0.4) is 0 Å². The average molecular weight is 640 g/mol. The number of aryl methyl sites for hydroxylation is 2. The van der Waals surface area contributed by atoms with E-state index >= 15 is 0 Å². The molecule has 47 heavy (non-hydrogen) atoms. The highest BCUT2D eigenvalue weighted by molar-refractivity contribution is 8.00. The summed E-state index contributed by atoms with van der Waals surface area (Å²) in [5, 5.41) is 7.93. The Morgan fingerprint density at radius 2 is 1.40 bits per heavy atom. The Bertz CT molecular complexity index is 2180. The lowest BCUT2D eigenvalue weighted by atomic mass is 9.86. The SMILES string of the molecule is Cc1c2c(c(CC(C)C)c3ccc(CC(C)C)cc13)Sc1cc3ccc(-c4nc(C(C)C)nc(C(C)C)n4)cc3c3cc[n+](C)c-2c13. The zero-order valence-electron chi connectivity index (χ0n) is 29.6. The molecular weight excluding hydrogens is 593 g/mol. The van der Waals surface area contributed by atoms with Crippen LogP contribution in [-0.4, -0.2) is 15.0 Å². The molecule has 240 valence electrons. The highest BCUT2D eigenvalue weighted by atomic mass is 32.2. The molecule has 0 aliphatic carbocycles. The monoisotopic (exact) mass is 639 g/mol. The summed E-state index contributed by atoms with van der Waals surface area (Å²) in [5.41, 5.74) is 8.06. The van der Waals surface area contributed by atoms with Gasteiger partial charge in [0.2, 0.25) is 5.69 Å². The van der Waals surface area contributed by atoms with Gasteiger partial charge < -0.3 is 0 Å². The first-order valence-electron chi connectivity index (χ1n) is 17.3. The number of hydrogen-bond acceptors (Lipinski definition) is 4. The van der Waals surface area contributed by atoms with Gasteiger partial charge in [0.15, 0.2) is 12.0 Å². The van der Waals surface area contributed by atoms with Gasteiger partial charge in [-0.15, -0.1) is 0 Å². The van der Waals surface area contributed by atoms with E-state index in [9.17, 15) is 0 Å². The van der Waals surface area contributed by atoms with E-state index in [1.807, 2.05) is 11.8 Å². The van der Waals surface area contributed by atoms with E-state index in [0.29, 0.717) is 11.8 Å². The summed E-state index contributed by atoms with van der Waals surface area (Å²) in [6, 6.07) is 18.7. The van der Waals surface area contributed by atoms with Crippen LogP contribution in [0.1, 0.15) is 95.6 Å². The molecule has 3 heterocycles. The van der Waals surface area contributed by atoms with E-state index in [2.05, 4.69) is 129 Å². The average Bonchev–Trinajstić information content (AvgIpc) is 3.03. The number of pyridine rings is 1. The Labute approximate surface area is 284 Å². The molecule has 4 nitrogen and oxygen atoms in total. The molecule has 0 unspecified atom stereocenters. The summed E-state index contributed by atoms with van der Waals surface area (Å²) in [6.07, 6.45) is 4.41. The standard InChI is InChI=1S/C42H47N4S/c1-22(2)17-27-11-14-30-32(19-27)26(9)36-38-37-31(15-16-46(38)10)33-20-29(42-44-40(24(5)6)43-41(45-42)25(7)8)13-12-28(33)21-35(37)47-39(36)34(30)18-23(3)4/h11-16,19-25H,17-18H2,1-10H3/q+1. The van der Waals surface area contributed by atoms with Gasteiger partial charge in [0, 0.05) is 38.6 Å². The van der Waals surface area contributed by atoms with E-state index in [1.54, 1.807) is 0 Å². The minimum absolute atomic E-state index is 0.233. The number of hydrogen-bond donors (Lipinski definition) is 0. The molecule has 2 aromatic heterocycles. The fourth-order valence-corrected chi connectivity index (χ4v) is 8.67. The summed E-state index contributed by atoms with van der Waals surface area (Å²) < 4.78 is 2.35. The molecule has 1 aliphatic rings. The predicted octanol–water partition coefficient (Wildman–Crippen LogP) is 10.9. The second-order valence-corrected chi connectivity index (χ2v) is 16.1. The molecular formula is C42H47N4S+. The van der Waals surface area contributed by atoms with Gasteiger partial charge in [-0.1, -0.05) is 97.5 Å². The van der Waals surface area contributed by atoms with Crippen molar-refractivity contribution in [3.8, 4) is 22.6 Å². The molecule has 0 amide bonds. The van der Waals surface area contributed by atoms with Gasteiger partial charge in [0.25, 0.3) is 0 Å². The summed E-state index contributed by atoms with van der Waals surface area (Å²) >= 11 is 1.98. The number of aromatic nitrogens is 4. The van der Waals surface area contributed by atoms with Gasteiger partial charge in [-0.25, -0.2) is 19.5 Å². The van der Waals surface area contributed by atoms with Crippen molar-refractivity contribution >= 4 is 44.1 Å². The van der Waals surface area contributed by atoms with E-state index in [4.69, 9.17) is 15.0 Å². The Morgan fingerprint density at radius 1 is 0.702 bits per heavy atom. The third kappa shape index (κ3) is 5.51. The van der Waals surface area contributed by atoms with Crippen LogP contribution in [-0.2, 0) is 19.9 Å². The fourth-order valence-electron chi connectivity index (χ4n) is 7.29. The Kier molecular flexibility index (Phi) is 8.11. The minimum atomic E-state index is 0.233. The van der Waals surface area contributed by atoms with Gasteiger partial charge in [0.1, 0.15) is 18.7 Å². The molecule has 7 rings (SSSR count). The Hall–Kier alpha value is -3.83. The van der Waals surface area contributed by atoms with Crippen LogP contribution < -0.4 is 4.57 Å². The topological polar surface area (TPSA) is 42.6 Å². The van der Waals surface area contributed by atoms with Crippen LogP contribution in [0.25, 0.3) is 55.0 Å². The number of fused-ring (bicyclic) bond motifs is 5. The van der Waals surface area contributed by atoms with E-state index < -0.39 is 0 Å². The van der Waals surface area contributed by atoms with Crippen LogP contribution in [0.2, 0.25) is 0 Å². The first-order valence-corrected chi connectivity index (χ1v) is 18.1. The summed E-state index contributed by atoms with van der Waals surface area (Å²) in [4.78, 5) is 17.4. The largest absolute Gasteiger partial charge is 0.222 e. The van der Waals surface area contributed by atoms with Crippen LogP contribution in [0.5, 0.6) is 0 Å². The number of benzene rings is 4. The quantitative estimate of drug-likeness (QED) is 0.129.